The highest BCUT2D eigenvalue weighted by Crippen LogP contribution is 2.60. The minimum absolute atomic E-state index is 0.194. The van der Waals surface area contributed by atoms with Gasteiger partial charge in [0.15, 0.2) is 0 Å². The standard InChI is InChI=1S/C36H44O6S2/c37-43(38,39)35-11-10-34(27-2-1-3-28(27)35)42-44(40,41)36-32(30-16-21-5-8-24(30)13-21)18-26(29-15-20-4-7-23(29)12-20)19-33(36)31-17-22-6-9-25(31)14-22/h10-11,18-25,29-31H,1-9,12-17H2,(H,37,38,39)/p-1. The second kappa shape index (κ2) is 10.0. The third kappa shape index (κ3) is 4.47. The molecule has 236 valence electrons. The van der Waals surface area contributed by atoms with Gasteiger partial charge in [-0.15, -0.1) is 0 Å². The van der Waals surface area contributed by atoms with Gasteiger partial charge in [0.2, 0.25) is 0 Å². The summed E-state index contributed by atoms with van der Waals surface area (Å²) in [6.07, 6.45) is 16.2. The number of hydrogen-bond acceptors (Lipinski definition) is 6. The maximum absolute atomic E-state index is 14.8. The molecule has 9 atom stereocenters. The Labute approximate surface area is 262 Å². The molecule has 0 spiro atoms. The highest BCUT2D eigenvalue weighted by Gasteiger charge is 2.48. The molecule has 9 unspecified atom stereocenters. The van der Waals surface area contributed by atoms with Gasteiger partial charge in [0.1, 0.15) is 20.8 Å². The summed E-state index contributed by atoms with van der Waals surface area (Å²) in [7, 11) is -8.89. The SMILES string of the molecule is O=S(=O)([O-])c1ccc(OS(=O)(=O)c2c(C3CC4CCC3C4)cc(C3CC4CCC3C4)cc2C2CC3CCC2C3)c2c1CCC2. The molecule has 0 radical (unpaired) electrons. The van der Waals surface area contributed by atoms with Gasteiger partial charge < -0.3 is 8.74 Å². The Morgan fingerprint density at radius 1 is 0.636 bits per heavy atom. The van der Waals surface area contributed by atoms with Gasteiger partial charge in [0.25, 0.3) is 0 Å². The molecular weight excluding hydrogens is 593 g/mol. The summed E-state index contributed by atoms with van der Waals surface area (Å²) in [6.45, 7) is 0. The summed E-state index contributed by atoms with van der Waals surface area (Å²) < 4.78 is 71.7. The maximum atomic E-state index is 14.8. The van der Waals surface area contributed by atoms with Crippen molar-refractivity contribution in [2.24, 2.45) is 35.5 Å². The molecule has 6 bridgehead atoms. The van der Waals surface area contributed by atoms with Gasteiger partial charge in [0, 0.05) is 5.56 Å². The largest absolute Gasteiger partial charge is 0.744 e. The predicted octanol–water partition coefficient (Wildman–Crippen LogP) is 7.56. The first-order valence-electron chi connectivity index (χ1n) is 17.3. The van der Waals surface area contributed by atoms with Crippen LogP contribution in [-0.2, 0) is 33.1 Å². The van der Waals surface area contributed by atoms with Crippen LogP contribution in [0, 0.1) is 35.5 Å². The first-order chi connectivity index (χ1) is 21.1. The zero-order valence-corrected chi connectivity index (χ0v) is 27.0. The van der Waals surface area contributed by atoms with Crippen LogP contribution in [0.15, 0.2) is 34.1 Å². The lowest BCUT2D eigenvalue weighted by atomic mass is 9.75. The fourth-order valence-electron chi connectivity index (χ4n) is 11.8. The van der Waals surface area contributed by atoms with Crippen LogP contribution in [0.25, 0.3) is 0 Å². The lowest BCUT2D eigenvalue weighted by Crippen LogP contribution is -2.23. The van der Waals surface area contributed by atoms with E-state index in [0.29, 0.717) is 64.9 Å². The van der Waals surface area contributed by atoms with Gasteiger partial charge in [-0.1, -0.05) is 31.4 Å². The number of benzene rings is 2. The number of hydrogen-bond donors (Lipinski definition) is 0. The van der Waals surface area contributed by atoms with E-state index in [0.717, 1.165) is 35.8 Å². The van der Waals surface area contributed by atoms with Crippen LogP contribution in [0.5, 0.6) is 5.75 Å². The van der Waals surface area contributed by atoms with E-state index in [-0.39, 0.29) is 22.5 Å². The van der Waals surface area contributed by atoms with Crippen LogP contribution in [-0.4, -0.2) is 21.4 Å². The van der Waals surface area contributed by atoms with Crippen LogP contribution >= 0.6 is 0 Å². The molecule has 0 amide bonds. The summed E-state index contributed by atoms with van der Waals surface area (Å²) in [5.41, 5.74) is 4.42. The highest BCUT2D eigenvalue weighted by atomic mass is 32.2. The van der Waals surface area contributed by atoms with Gasteiger partial charge in [-0.3, -0.25) is 0 Å². The minimum Gasteiger partial charge on any atom is -0.744 e. The summed E-state index contributed by atoms with van der Waals surface area (Å²) >= 11 is 0. The van der Waals surface area contributed by atoms with E-state index in [9.17, 15) is 21.4 Å². The Morgan fingerprint density at radius 2 is 1.16 bits per heavy atom. The molecule has 6 fully saturated rings. The number of fused-ring (bicyclic) bond motifs is 7. The van der Waals surface area contributed by atoms with E-state index >= 15 is 0 Å². The minimum atomic E-state index is -4.66. The van der Waals surface area contributed by atoms with Gasteiger partial charge in [-0.25, -0.2) is 8.42 Å². The number of rotatable bonds is 7. The average Bonchev–Trinajstić information content (AvgIpc) is 3.85. The maximum Gasteiger partial charge on any atom is 0.339 e. The van der Waals surface area contributed by atoms with Crippen molar-refractivity contribution < 1.29 is 25.6 Å². The van der Waals surface area contributed by atoms with Crippen LogP contribution in [0.2, 0.25) is 0 Å². The highest BCUT2D eigenvalue weighted by molar-refractivity contribution is 7.87. The quantitative estimate of drug-likeness (QED) is 0.230. The van der Waals surface area contributed by atoms with Gasteiger partial charge >= 0.3 is 10.1 Å². The second-order valence-electron chi connectivity index (χ2n) is 15.7. The zero-order valence-electron chi connectivity index (χ0n) is 25.4. The van der Waals surface area contributed by atoms with Crippen molar-refractivity contribution >= 4 is 20.2 Å². The molecule has 0 saturated heterocycles. The average molecular weight is 636 g/mol. The van der Waals surface area contributed by atoms with Gasteiger partial charge in [-0.05, 0) is 165 Å². The van der Waals surface area contributed by atoms with Crippen LogP contribution in [0.4, 0.5) is 0 Å². The molecule has 0 aliphatic heterocycles. The molecule has 0 heterocycles. The third-order valence-electron chi connectivity index (χ3n) is 13.5. The summed E-state index contributed by atoms with van der Waals surface area (Å²) in [5.74, 6) is 5.19. The Kier molecular flexibility index (Phi) is 6.47. The van der Waals surface area contributed by atoms with E-state index in [2.05, 4.69) is 12.1 Å². The molecule has 7 aliphatic carbocycles. The summed E-state index contributed by atoms with van der Waals surface area (Å²) in [5, 5.41) is 0. The summed E-state index contributed by atoms with van der Waals surface area (Å²) in [4.78, 5) is 0.196. The van der Waals surface area contributed by atoms with Crippen LogP contribution in [0.3, 0.4) is 0 Å². The van der Waals surface area contributed by atoms with Gasteiger partial charge in [0.05, 0.1) is 4.90 Å². The Bertz CT molecular complexity index is 1700. The van der Waals surface area contributed by atoms with E-state index in [4.69, 9.17) is 4.18 Å². The van der Waals surface area contributed by atoms with Crippen molar-refractivity contribution in [1.29, 1.82) is 0 Å². The van der Waals surface area contributed by atoms with E-state index in [1.54, 1.807) is 0 Å². The Hall–Kier alpha value is -1.90. The first-order valence-corrected chi connectivity index (χ1v) is 20.2. The molecule has 8 heteroatoms. The molecule has 0 aromatic heterocycles. The van der Waals surface area contributed by atoms with E-state index in [1.165, 1.54) is 81.9 Å². The normalized spacial score (nSPS) is 36.9. The molecule has 2 aromatic rings. The first kappa shape index (κ1) is 28.3. The Balaban J connectivity index is 1.20. The fourth-order valence-corrected chi connectivity index (χ4v) is 14.0. The molecular formula is C36H43O6S2-. The molecule has 44 heavy (non-hydrogen) atoms. The van der Waals surface area contributed by atoms with Crippen molar-refractivity contribution in [3.8, 4) is 5.75 Å². The van der Waals surface area contributed by atoms with Gasteiger partial charge in [-0.2, -0.15) is 8.42 Å². The van der Waals surface area contributed by atoms with Crippen LogP contribution in [0.1, 0.15) is 129 Å². The third-order valence-corrected chi connectivity index (χ3v) is 15.8. The second-order valence-corrected chi connectivity index (χ2v) is 18.6. The van der Waals surface area contributed by atoms with Crippen LogP contribution < -0.4 is 4.18 Å². The molecule has 6 nitrogen and oxygen atoms in total. The predicted molar refractivity (Wildman–Crippen MR) is 165 cm³/mol. The van der Waals surface area contributed by atoms with Crippen molar-refractivity contribution in [3.63, 3.8) is 0 Å². The van der Waals surface area contributed by atoms with Crippen molar-refractivity contribution in [1.82, 2.24) is 0 Å². The van der Waals surface area contributed by atoms with Crippen molar-refractivity contribution in [2.45, 2.75) is 124 Å². The lowest BCUT2D eigenvalue weighted by Gasteiger charge is -2.32. The lowest BCUT2D eigenvalue weighted by molar-refractivity contribution is 0.392. The van der Waals surface area contributed by atoms with Crippen molar-refractivity contribution in [3.05, 3.63) is 52.1 Å². The molecule has 9 rings (SSSR count). The molecule has 2 aromatic carbocycles. The Morgan fingerprint density at radius 3 is 1.64 bits per heavy atom. The van der Waals surface area contributed by atoms with Crippen molar-refractivity contribution in [2.75, 3.05) is 0 Å². The monoisotopic (exact) mass is 635 g/mol. The smallest absolute Gasteiger partial charge is 0.339 e. The molecule has 6 saturated carbocycles. The zero-order chi connectivity index (χ0) is 30.0. The fraction of sp³-hybridized carbons (Fsp3) is 0.667. The van der Waals surface area contributed by atoms with E-state index in [1.807, 2.05) is 0 Å². The topological polar surface area (TPSA) is 101 Å². The van der Waals surface area contributed by atoms with E-state index < -0.39 is 20.2 Å². The molecule has 7 aliphatic rings. The molecule has 0 N–H and O–H groups in total. The summed E-state index contributed by atoms with van der Waals surface area (Å²) in [6, 6.07) is 7.30.